The van der Waals surface area contributed by atoms with Crippen LogP contribution in [0.5, 0.6) is 5.75 Å². The molecule has 3 heteroatoms. The quantitative estimate of drug-likeness (QED) is 0.734. The van der Waals surface area contributed by atoms with Crippen molar-refractivity contribution in [1.82, 2.24) is 0 Å². The van der Waals surface area contributed by atoms with Crippen molar-refractivity contribution in [2.45, 2.75) is 27.2 Å². The summed E-state index contributed by atoms with van der Waals surface area (Å²) in [5, 5.41) is 0. The molecule has 0 bridgehead atoms. The zero-order valence-electron chi connectivity index (χ0n) is 10.3. The van der Waals surface area contributed by atoms with Crippen molar-refractivity contribution in [2.75, 3.05) is 13.7 Å². The molecule has 0 saturated carbocycles. The van der Waals surface area contributed by atoms with Crippen LogP contribution in [0.25, 0.3) is 0 Å². The van der Waals surface area contributed by atoms with Gasteiger partial charge >= 0.3 is 5.97 Å². The average molecular weight is 222 g/mol. The van der Waals surface area contributed by atoms with Gasteiger partial charge in [0.15, 0.2) is 0 Å². The summed E-state index contributed by atoms with van der Waals surface area (Å²) in [6, 6.07) is 4.14. The molecule has 0 amide bonds. The lowest BCUT2D eigenvalue weighted by Gasteiger charge is -2.12. The van der Waals surface area contributed by atoms with Crippen LogP contribution in [0.2, 0.25) is 0 Å². The summed E-state index contributed by atoms with van der Waals surface area (Å²) in [7, 11) is 1.38. The zero-order chi connectivity index (χ0) is 12.1. The van der Waals surface area contributed by atoms with Gasteiger partial charge in [0.2, 0.25) is 0 Å². The summed E-state index contributed by atoms with van der Waals surface area (Å²) in [5.74, 6) is 0.622. The second-order valence-corrected chi connectivity index (χ2v) is 3.90. The minimum atomic E-state index is -0.248. The molecule has 0 spiro atoms. The first-order chi connectivity index (χ1) is 7.54. The monoisotopic (exact) mass is 222 g/mol. The van der Waals surface area contributed by atoms with Crippen LogP contribution in [-0.2, 0) is 9.53 Å². The Morgan fingerprint density at radius 3 is 2.25 bits per heavy atom. The molecule has 0 aliphatic carbocycles. The molecule has 0 aliphatic rings. The minimum absolute atomic E-state index is 0.248. The van der Waals surface area contributed by atoms with Gasteiger partial charge < -0.3 is 9.47 Å². The van der Waals surface area contributed by atoms with Crippen LogP contribution < -0.4 is 4.74 Å². The SMILES string of the molecule is COC(=O)CCOc1c(C)cc(C)cc1C. The summed E-state index contributed by atoms with van der Waals surface area (Å²) in [6.45, 7) is 6.43. The highest BCUT2D eigenvalue weighted by Gasteiger charge is 2.06. The molecule has 0 aromatic heterocycles. The van der Waals surface area contributed by atoms with Gasteiger partial charge in [-0.15, -0.1) is 0 Å². The number of carbonyl (C=O) groups is 1. The number of esters is 1. The number of methoxy groups -OCH3 is 1. The van der Waals surface area contributed by atoms with E-state index in [1.807, 2.05) is 13.8 Å². The average Bonchev–Trinajstić information content (AvgIpc) is 2.21. The van der Waals surface area contributed by atoms with Gasteiger partial charge in [0.05, 0.1) is 20.1 Å². The van der Waals surface area contributed by atoms with Gasteiger partial charge in [-0.3, -0.25) is 4.79 Å². The smallest absolute Gasteiger partial charge is 0.308 e. The van der Waals surface area contributed by atoms with E-state index < -0.39 is 0 Å². The largest absolute Gasteiger partial charge is 0.492 e. The van der Waals surface area contributed by atoms with E-state index in [2.05, 4.69) is 23.8 Å². The van der Waals surface area contributed by atoms with Crippen molar-refractivity contribution < 1.29 is 14.3 Å². The number of hydrogen-bond acceptors (Lipinski definition) is 3. The predicted octanol–water partition coefficient (Wildman–Crippen LogP) is 2.55. The van der Waals surface area contributed by atoms with Gasteiger partial charge in [0, 0.05) is 0 Å². The third-order valence-corrected chi connectivity index (χ3v) is 2.38. The van der Waals surface area contributed by atoms with Crippen LogP contribution in [0.1, 0.15) is 23.1 Å². The Bertz CT molecular complexity index is 360. The third kappa shape index (κ3) is 3.26. The molecule has 1 aromatic carbocycles. The Morgan fingerprint density at radius 2 is 1.75 bits per heavy atom. The fourth-order valence-electron chi connectivity index (χ4n) is 1.73. The van der Waals surface area contributed by atoms with E-state index in [-0.39, 0.29) is 12.4 Å². The molecule has 0 atom stereocenters. The molecule has 16 heavy (non-hydrogen) atoms. The Balaban J connectivity index is 2.64. The standard InChI is InChI=1S/C13H18O3/c1-9-7-10(2)13(11(3)8-9)16-6-5-12(14)15-4/h7-8H,5-6H2,1-4H3. The number of benzene rings is 1. The number of hydrogen-bond donors (Lipinski definition) is 0. The van der Waals surface area contributed by atoms with Crippen LogP contribution in [0.4, 0.5) is 0 Å². The van der Waals surface area contributed by atoms with Crippen LogP contribution in [0, 0.1) is 20.8 Å². The highest BCUT2D eigenvalue weighted by Crippen LogP contribution is 2.24. The molecule has 0 heterocycles. The van der Waals surface area contributed by atoms with Gasteiger partial charge in [-0.1, -0.05) is 17.7 Å². The second kappa shape index (κ2) is 5.54. The molecule has 0 N–H and O–H groups in total. The van der Waals surface area contributed by atoms with Crippen molar-refractivity contribution in [2.24, 2.45) is 0 Å². The normalized spacial score (nSPS) is 10.0. The summed E-state index contributed by atoms with van der Waals surface area (Å²) in [6.07, 6.45) is 0.281. The molecule has 1 rings (SSSR count). The van der Waals surface area contributed by atoms with Gasteiger partial charge in [-0.2, -0.15) is 0 Å². The fraction of sp³-hybridized carbons (Fsp3) is 0.462. The van der Waals surface area contributed by atoms with Crippen molar-refractivity contribution in [3.05, 3.63) is 28.8 Å². The van der Waals surface area contributed by atoms with E-state index in [9.17, 15) is 4.79 Å². The number of ether oxygens (including phenoxy) is 2. The van der Waals surface area contributed by atoms with Crippen LogP contribution in [-0.4, -0.2) is 19.7 Å². The van der Waals surface area contributed by atoms with E-state index in [1.54, 1.807) is 0 Å². The molecule has 1 aromatic rings. The molecule has 0 radical (unpaired) electrons. The van der Waals surface area contributed by atoms with E-state index >= 15 is 0 Å². The van der Waals surface area contributed by atoms with Crippen LogP contribution in [0.3, 0.4) is 0 Å². The maximum absolute atomic E-state index is 10.9. The summed E-state index contributed by atoms with van der Waals surface area (Å²) in [5.41, 5.74) is 3.42. The van der Waals surface area contributed by atoms with E-state index in [0.717, 1.165) is 16.9 Å². The third-order valence-electron chi connectivity index (χ3n) is 2.38. The van der Waals surface area contributed by atoms with Gasteiger partial charge in [-0.05, 0) is 31.9 Å². The van der Waals surface area contributed by atoms with Gasteiger partial charge in [-0.25, -0.2) is 0 Å². The minimum Gasteiger partial charge on any atom is -0.492 e. The number of aryl methyl sites for hydroxylation is 3. The zero-order valence-corrected chi connectivity index (χ0v) is 10.3. The molecular formula is C13H18O3. The maximum Gasteiger partial charge on any atom is 0.308 e. The number of carbonyl (C=O) groups excluding carboxylic acids is 1. The second-order valence-electron chi connectivity index (χ2n) is 3.90. The topological polar surface area (TPSA) is 35.5 Å². The molecule has 0 fully saturated rings. The molecular weight excluding hydrogens is 204 g/mol. The summed E-state index contributed by atoms with van der Waals surface area (Å²) < 4.78 is 10.1. The first-order valence-corrected chi connectivity index (χ1v) is 5.32. The molecule has 0 saturated heterocycles. The van der Waals surface area contributed by atoms with Crippen molar-refractivity contribution in [1.29, 1.82) is 0 Å². The van der Waals surface area contributed by atoms with Crippen molar-refractivity contribution >= 4 is 5.97 Å². The van der Waals surface area contributed by atoms with Crippen molar-refractivity contribution in [3.8, 4) is 5.75 Å². The van der Waals surface area contributed by atoms with Gasteiger partial charge in [0.1, 0.15) is 5.75 Å². The predicted molar refractivity (Wildman–Crippen MR) is 62.8 cm³/mol. The lowest BCUT2D eigenvalue weighted by atomic mass is 10.1. The Labute approximate surface area is 96.4 Å². The Morgan fingerprint density at radius 1 is 1.19 bits per heavy atom. The van der Waals surface area contributed by atoms with Crippen LogP contribution in [0.15, 0.2) is 12.1 Å². The fourth-order valence-corrected chi connectivity index (χ4v) is 1.73. The molecule has 3 nitrogen and oxygen atoms in total. The van der Waals surface area contributed by atoms with Gasteiger partial charge in [0.25, 0.3) is 0 Å². The van der Waals surface area contributed by atoms with E-state index in [1.165, 1.54) is 12.7 Å². The van der Waals surface area contributed by atoms with E-state index in [0.29, 0.717) is 6.61 Å². The first kappa shape index (κ1) is 12.6. The highest BCUT2D eigenvalue weighted by atomic mass is 16.5. The Kier molecular flexibility index (Phi) is 4.35. The van der Waals surface area contributed by atoms with Crippen LogP contribution >= 0.6 is 0 Å². The molecule has 88 valence electrons. The Hall–Kier alpha value is -1.51. The molecule has 0 aliphatic heterocycles. The van der Waals surface area contributed by atoms with Crippen molar-refractivity contribution in [3.63, 3.8) is 0 Å². The first-order valence-electron chi connectivity index (χ1n) is 5.32. The highest BCUT2D eigenvalue weighted by molar-refractivity contribution is 5.69. The number of rotatable bonds is 4. The summed E-state index contributed by atoms with van der Waals surface area (Å²) >= 11 is 0. The molecule has 0 unspecified atom stereocenters. The summed E-state index contributed by atoms with van der Waals surface area (Å²) in [4.78, 5) is 10.9. The lowest BCUT2D eigenvalue weighted by Crippen LogP contribution is -2.08. The van der Waals surface area contributed by atoms with E-state index in [4.69, 9.17) is 4.74 Å². The lowest BCUT2D eigenvalue weighted by molar-refractivity contribution is -0.141. The maximum atomic E-state index is 10.9.